The van der Waals surface area contributed by atoms with Crippen LogP contribution in [0.2, 0.25) is 10.0 Å². The summed E-state index contributed by atoms with van der Waals surface area (Å²) in [5.41, 5.74) is 1.93. The van der Waals surface area contributed by atoms with Gasteiger partial charge in [0.1, 0.15) is 11.5 Å². The van der Waals surface area contributed by atoms with Crippen LogP contribution in [0.5, 0.6) is 0 Å². The molecule has 0 aliphatic carbocycles. The molecular formula is C23H15Cl2FN2O2. The van der Waals surface area contributed by atoms with Gasteiger partial charge in [0.2, 0.25) is 0 Å². The van der Waals surface area contributed by atoms with E-state index in [0.717, 1.165) is 10.5 Å². The van der Waals surface area contributed by atoms with Crippen LogP contribution in [0.25, 0.3) is 5.57 Å². The number of para-hydroxylation sites is 1. The van der Waals surface area contributed by atoms with E-state index in [2.05, 4.69) is 5.32 Å². The van der Waals surface area contributed by atoms with Crippen molar-refractivity contribution in [1.82, 2.24) is 0 Å². The number of aryl methyl sites for hydroxylation is 1. The molecule has 0 radical (unpaired) electrons. The van der Waals surface area contributed by atoms with Gasteiger partial charge in [0.15, 0.2) is 0 Å². The Morgan fingerprint density at radius 3 is 2.23 bits per heavy atom. The first-order valence-corrected chi connectivity index (χ1v) is 9.79. The summed E-state index contributed by atoms with van der Waals surface area (Å²) in [5, 5.41) is 4.00. The van der Waals surface area contributed by atoms with Crippen molar-refractivity contribution in [3.8, 4) is 0 Å². The van der Waals surface area contributed by atoms with Gasteiger partial charge >= 0.3 is 0 Å². The van der Waals surface area contributed by atoms with Crippen LogP contribution in [0.15, 0.2) is 72.4 Å². The number of anilines is 2. The minimum Gasteiger partial charge on any atom is -0.350 e. The maximum absolute atomic E-state index is 14.4. The molecule has 3 aromatic rings. The van der Waals surface area contributed by atoms with Gasteiger partial charge in [0.05, 0.1) is 11.3 Å². The summed E-state index contributed by atoms with van der Waals surface area (Å²) in [6, 6.07) is 17.3. The lowest BCUT2D eigenvalue weighted by molar-refractivity contribution is -0.120. The topological polar surface area (TPSA) is 49.4 Å². The second-order valence-corrected chi connectivity index (χ2v) is 7.61. The Morgan fingerprint density at radius 1 is 0.867 bits per heavy atom. The molecule has 1 heterocycles. The number of carbonyl (C=O) groups excluding carboxylic acids is 2. The Kier molecular flexibility index (Phi) is 5.33. The second-order valence-electron chi connectivity index (χ2n) is 6.74. The Morgan fingerprint density at radius 2 is 1.53 bits per heavy atom. The molecule has 0 saturated heterocycles. The van der Waals surface area contributed by atoms with Crippen LogP contribution in [0.3, 0.4) is 0 Å². The number of nitrogens with one attached hydrogen (secondary N) is 1. The molecular weight excluding hydrogens is 426 g/mol. The quantitative estimate of drug-likeness (QED) is 0.518. The zero-order valence-electron chi connectivity index (χ0n) is 15.7. The third kappa shape index (κ3) is 3.58. The fraction of sp³-hybridized carbons (Fsp3) is 0.0435. The lowest BCUT2D eigenvalue weighted by Crippen LogP contribution is -2.33. The molecule has 4 nitrogen and oxygen atoms in total. The molecule has 150 valence electrons. The lowest BCUT2D eigenvalue weighted by Gasteiger charge is -2.16. The van der Waals surface area contributed by atoms with Crippen molar-refractivity contribution in [2.75, 3.05) is 10.2 Å². The van der Waals surface area contributed by atoms with Gasteiger partial charge in [-0.3, -0.25) is 9.59 Å². The Hall–Kier alpha value is -3.15. The van der Waals surface area contributed by atoms with Crippen molar-refractivity contribution in [1.29, 1.82) is 0 Å². The van der Waals surface area contributed by atoms with Gasteiger partial charge < -0.3 is 5.32 Å². The van der Waals surface area contributed by atoms with E-state index < -0.39 is 17.6 Å². The minimum atomic E-state index is -0.671. The highest BCUT2D eigenvalue weighted by Crippen LogP contribution is 2.35. The fourth-order valence-corrected chi connectivity index (χ4v) is 3.54. The molecule has 0 spiro atoms. The van der Waals surface area contributed by atoms with E-state index in [1.807, 2.05) is 6.92 Å². The first kappa shape index (κ1) is 20.1. The van der Waals surface area contributed by atoms with Crippen LogP contribution in [-0.2, 0) is 9.59 Å². The zero-order valence-corrected chi connectivity index (χ0v) is 17.3. The van der Waals surface area contributed by atoms with Crippen molar-refractivity contribution in [3.63, 3.8) is 0 Å². The van der Waals surface area contributed by atoms with Gasteiger partial charge in [0, 0.05) is 15.7 Å². The van der Waals surface area contributed by atoms with Gasteiger partial charge in [-0.05, 0) is 54.4 Å². The standard InChI is InChI=1S/C23H15Cl2FN2O2/c1-13-6-9-16(25)12-18(13)27-21-20(14-7-10-15(24)11-8-14)22(29)28(23(21)30)19-5-3-2-4-17(19)26/h2-12,27H,1H3. The highest BCUT2D eigenvalue weighted by molar-refractivity contribution is 6.46. The van der Waals surface area contributed by atoms with Gasteiger partial charge in [-0.1, -0.05) is 53.5 Å². The van der Waals surface area contributed by atoms with Gasteiger partial charge in [-0.25, -0.2) is 9.29 Å². The number of carbonyl (C=O) groups is 2. The molecule has 2 amide bonds. The fourth-order valence-electron chi connectivity index (χ4n) is 3.25. The van der Waals surface area contributed by atoms with Crippen molar-refractivity contribution in [2.24, 2.45) is 0 Å². The summed E-state index contributed by atoms with van der Waals surface area (Å²) < 4.78 is 14.4. The Bertz CT molecular complexity index is 1210. The molecule has 0 unspecified atom stereocenters. The molecule has 4 rings (SSSR count). The molecule has 0 aromatic heterocycles. The maximum atomic E-state index is 14.4. The highest BCUT2D eigenvalue weighted by atomic mass is 35.5. The number of benzene rings is 3. The summed E-state index contributed by atoms with van der Waals surface area (Å²) in [6.45, 7) is 1.84. The number of halogens is 3. The number of rotatable bonds is 4. The summed E-state index contributed by atoms with van der Waals surface area (Å²) in [6.07, 6.45) is 0. The maximum Gasteiger partial charge on any atom is 0.282 e. The van der Waals surface area contributed by atoms with Crippen molar-refractivity contribution < 1.29 is 14.0 Å². The van der Waals surface area contributed by atoms with Crippen LogP contribution in [0.1, 0.15) is 11.1 Å². The summed E-state index contributed by atoms with van der Waals surface area (Å²) in [5.74, 6) is -1.96. The number of hydrogen-bond acceptors (Lipinski definition) is 3. The SMILES string of the molecule is Cc1ccc(Cl)cc1NC1=C(c2ccc(Cl)cc2)C(=O)N(c2ccccc2F)C1=O. The van der Waals surface area contributed by atoms with E-state index >= 15 is 0 Å². The van der Waals surface area contributed by atoms with Gasteiger partial charge in [-0.15, -0.1) is 0 Å². The summed E-state index contributed by atoms with van der Waals surface area (Å²) in [7, 11) is 0. The monoisotopic (exact) mass is 440 g/mol. The summed E-state index contributed by atoms with van der Waals surface area (Å²) in [4.78, 5) is 27.4. The van der Waals surface area contributed by atoms with Crippen LogP contribution in [0, 0.1) is 12.7 Å². The van der Waals surface area contributed by atoms with Crippen LogP contribution in [0.4, 0.5) is 15.8 Å². The molecule has 1 N–H and O–H groups in total. The molecule has 1 aliphatic heterocycles. The molecule has 30 heavy (non-hydrogen) atoms. The molecule has 3 aromatic carbocycles. The largest absolute Gasteiger partial charge is 0.350 e. The van der Waals surface area contributed by atoms with E-state index in [-0.39, 0.29) is 17.0 Å². The van der Waals surface area contributed by atoms with Gasteiger partial charge in [0.25, 0.3) is 11.8 Å². The van der Waals surface area contributed by atoms with E-state index in [4.69, 9.17) is 23.2 Å². The number of amides is 2. The van der Waals surface area contributed by atoms with E-state index in [1.54, 1.807) is 48.5 Å². The Labute approximate surface area is 182 Å². The third-order valence-electron chi connectivity index (χ3n) is 4.77. The van der Waals surface area contributed by atoms with E-state index in [1.165, 1.54) is 18.2 Å². The molecule has 0 bridgehead atoms. The molecule has 0 saturated carbocycles. The highest BCUT2D eigenvalue weighted by Gasteiger charge is 2.41. The van der Waals surface area contributed by atoms with Crippen molar-refractivity contribution in [2.45, 2.75) is 6.92 Å². The molecule has 0 fully saturated rings. The number of hydrogen-bond donors (Lipinski definition) is 1. The molecule has 0 atom stereocenters. The predicted octanol–water partition coefficient (Wildman–Crippen LogP) is 5.84. The predicted molar refractivity (Wildman–Crippen MR) is 117 cm³/mol. The van der Waals surface area contributed by atoms with Crippen molar-refractivity contribution >= 4 is 52.0 Å². The minimum absolute atomic E-state index is 0.0379. The summed E-state index contributed by atoms with van der Waals surface area (Å²) >= 11 is 12.1. The Balaban J connectivity index is 1.87. The first-order chi connectivity index (χ1) is 14.4. The molecule has 7 heteroatoms. The van der Waals surface area contributed by atoms with E-state index in [0.29, 0.717) is 21.3 Å². The van der Waals surface area contributed by atoms with Crippen LogP contribution >= 0.6 is 23.2 Å². The molecule has 1 aliphatic rings. The van der Waals surface area contributed by atoms with Crippen LogP contribution in [-0.4, -0.2) is 11.8 Å². The van der Waals surface area contributed by atoms with E-state index in [9.17, 15) is 14.0 Å². The van der Waals surface area contributed by atoms with Gasteiger partial charge in [-0.2, -0.15) is 0 Å². The number of imide groups is 1. The second kappa shape index (κ2) is 7.94. The average Bonchev–Trinajstić information content (AvgIpc) is 2.96. The third-order valence-corrected chi connectivity index (χ3v) is 5.26. The normalized spacial score (nSPS) is 13.9. The number of nitrogens with zero attached hydrogens (tertiary/aromatic N) is 1. The van der Waals surface area contributed by atoms with Crippen LogP contribution < -0.4 is 10.2 Å². The average molecular weight is 441 g/mol. The zero-order chi connectivity index (χ0) is 21.4. The van der Waals surface area contributed by atoms with Crippen molar-refractivity contribution in [3.05, 3.63) is 99.4 Å². The lowest BCUT2D eigenvalue weighted by atomic mass is 10.0. The first-order valence-electron chi connectivity index (χ1n) is 9.03. The smallest absolute Gasteiger partial charge is 0.282 e.